The fourth-order valence-electron chi connectivity index (χ4n) is 3.97. The van der Waals surface area contributed by atoms with E-state index in [1.165, 1.54) is 13.0 Å². The molecule has 0 aromatic carbocycles. The molecule has 2 heterocycles. The molecular formula is C20H42IN5O. The summed E-state index contributed by atoms with van der Waals surface area (Å²) in [7, 11) is 0. The number of hydrogen-bond donors (Lipinski definition) is 1. The van der Waals surface area contributed by atoms with Crippen molar-refractivity contribution in [2.24, 2.45) is 16.8 Å². The van der Waals surface area contributed by atoms with Gasteiger partial charge in [-0.05, 0) is 38.3 Å². The second kappa shape index (κ2) is 14.0. The van der Waals surface area contributed by atoms with E-state index in [0.717, 1.165) is 84.0 Å². The van der Waals surface area contributed by atoms with Gasteiger partial charge in [-0.2, -0.15) is 0 Å². The number of morpholine rings is 1. The van der Waals surface area contributed by atoms with E-state index in [1.807, 2.05) is 0 Å². The minimum Gasteiger partial charge on any atom is -0.379 e. The van der Waals surface area contributed by atoms with E-state index in [-0.39, 0.29) is 24.0 Å². The number of nitrogens with one attached hydrogen (secondary N) is 1. The first-order valence-corrected chi connectivity index (χ1v) is 10.7. The van der Waals surface area contributed by atoms with Gasteiger partial charge in [0.25, 0.3) is 0 Å². The fraction of sp³-hybridized carbons (Fsp3) is 0.950. The Morgan fingerprint density at radius 1 is 1.19 bits per heavy atom. The average Bonchev–Trinajstić information content (AvgIpc) is 3.12. The lowest BCUT2D eigenvalue weighted by atomic mass is 10.1. The molecule has 2 aliphatic rings. The van der Waals surface area contributed by atoms with Gasteiger partial charge in [0.2, 0.25) is 0 Å². The molecule has 0 spiro atoms. The minimum absolute atomic E-state index is 0. The molecule has 0 saturated carbocycles. The lowest BCUT2D eigenvalue weighted by molar-refractivity contribution is 0.0323. The number of nitrogens with zero attached hydrogens (tertiary/aromatic N) is 4. The number of likely N-dealkylation sites (tertiary alicyclic amines) is 1. The van der Waals surface area contributed by atoms with Crippen molar-refractivity contribution < 1.29 is 4.74 Å². The molecule has 2 saturated heterocycles. The zero-order valence-corrected chi connectivity index (χ0v) is 20.3. The van der Waals surface area contributed by atoms with Crippen LogP contribution in [-0.2, 0) is 4.74 Å². The van der Waals surface area contributed by atoms with Crippen molar-refractivity contribution >= 4 is 29.9 Å². The zero-order chi connectivity index (χ0) is 18.8. The normalized spacial score (nSPS) is 22.8. The minimum atomic E-state index is 0. The van der Waals surface area contributed by atoms with Crippen molar-refractivity contribution in [2.75, 3.05) is 78.7 Å². The molecule has 0 aromatic heterocycles. The maximum Gasteiger partial charge on any atom is 0.193 e. The van der Waals surface area contributed by atoms with Crippen LogP contribution in [0.3, 0.4) is 0 Å². The van der Waals surface area contributed by atoms with Gasteiger partial charge in [-0.3, -0.25) is 9.89 Å². The lowest BCUT2D eigenvalue weighted by Crippen LogP contribution is -2.42. The Bertz CT molecular complexity index is 413. The van der Waals surface area contributed by atoms with Crippen molar-refractivity contribution in [3.05, 3.63) is 0 Å². The number of halogens is 1. The van der Waals surface area contributed by atoms with Crippen LogP contribution < -0.4 is 5.32 Å². The largest absolute Gasteiger partial charge is 0.379 e. The van der Waals surface area contributed by atoms with Crippen molar-refractivity contribution in [1.82, 2.24) is 20.0 Å². The highest BCUT2D eigenvalue weighted by molar-refractivity contribution is 14.0. The van der Waals surface area contributed by atoms with Gasteiger partial charge < -0.3 is 19.9 Å². The topological polar surface area (TPSA) is 43.3 Å². The van der Waals surface area contributed by atoms with Crippen LogP contribution in [0.15, 0.2) is 4.99 Å². The van der Waals surface area contributed by atoms with E-state index in [0.29, 0.717) is 5.92 Å². The molecule has 2 atom stereocenters. The van der Waals surface area contributed by atoms with Crippen molar-refractivity contribution in [3.63, 3.8) is 0 Å². The summed E-state index contributed by atoms with van der Waals surface area (Å²) in [6, 6.07) is 0. The summed E-state index contributed by atoms with van der Waals surface area (Å²) >= 11 is 0. The van der Waals surface area contributed by atoms with E-state index in [1.54, 1.807) is 0 Å². The Morgan fingerprint density at radius 2 is 1.89 bits per heavy atom. The molecule has 160 valence electrons. The summed E-state index contributed by atoms with van der Waals surface area (Å²) in [5.41, 5.74) is 0. The number of rotatable bonds is 9. The van der Waals surface area contributed by atoms with Crippen molar-refractivity contribution in [2.45, 2.75) is 34.1 Å². The Labute approximate surface area is 184 Å². The van der Waals surface area contributed by atoms with E-state index in [4.69, 9.17) is 9.73 Å². The third-order valence-corrected chi connectivity index (χ3v) is 5.56. The molecule has 0 bridgehead atoms. The first-order valence-electron chi connectivity index (χ1n) is 10.7. The van der Waals surface area contributed by atoms with E-state index in [2.05, 4.69) is 47.7 Å². The first kappa shape index (κ1) is 24.9. The molecule has 2 fully saturated rings. The second-order valence-electron chi connectivity index (χ2n) is 7.80. The quantitative estimate of drug-likeness (QED) is 0.302. The Kier molecular flexibility index (Phi) is 12.9. The van der Waals surface area contributed by atoms with Crippen LogP contribution in [0.25, 0.3) is 0 Å². The lowest BCUT2D eigenvalue weighted by Gasteiger charge is -2.29. The fourth-order valence-corrected chi connectivity index (χ4v) is 3.97. The molecule has 0 amide bonds. The molecule has 2 rings (SSSR count). The smallest absolute Gasteiger partial charge is 0.193 e. The number of hydrogen-bond acceptors (Lipinski definition) is 4. The van der Waals surface area contributed by atoms with Crippen LogP contribution in [0, 0.1) is 11.8 Å². The number of guanidine groups is 1. The van der Waals surface area contributed by atoms with Crippen LogP contribution >= 0.6 is 24.0 Å². The molecule has 6 nitrogen and oxygen atoms in total. The van der Waals surface area contributed by atoms with Gasteiger partial charge in [-0.1, -0.05) is 20.8 Å². The molecule has 2 aliphatic heterocycles. The highest BCUT2D eigenvalue weighted by Gasteiger charge is 2.26. The molecule has 27 heavy (non-hydrogen) atoms. The van der Waals surface area contributed by atoms with E-state index in [9.17, 15) is 0 Å². The van der Waals surface area contributed by atoms with Crippen LogP contribution in [-0.4, -0.2) is 99.3 Å². The SMILES string of the molecule is CCNC(=NCC(C)CN1CCOCC1)N1CCC(CN(CC)CC)C1.I. The molecule has 7 heteroatoms. The maximum atomic E-state index is 5.44. The van der Waals surface area contributed by atoms with Gasteiger partial charge in [-0.15, -0.1) is 24.0 Å². The van der Waals surface area contributed by atoms with Gasteiger partial charge in [-0.25, -0.2) is 0 Å². The van der Waals surface area contributed by atoms with Crippen LogP contribution in [0.4, 0.5) is 0 Å². The van der Waals surface area contributed by atoms with Gasteiger partial charge in [0.1, 0.15) is 0 Å². The highest BCUT2D eigenvalue weighted by atomic mass is 127. The zero-order valence-electron chi connectivity index (χ0n) is 18.0. The standard InChI is InChI=1S/C20H41N5O.HI/c1-5-21-20(22-14-18(4)15-24-10-12-26-13-11-24)25-9-8-19(17-25)16-23(6-2)7-3;/h18-19H,5-17H2,1-4H3,(H,21,22);1H. The average molecular weight is 495 g/mol. The number of ether oxygens (including phenoxy) is 1. The summed E-state index contributed by atoms with van der Waals surface area (Å²) in [5, 5.41) is 3.51. The Hall–Kier alpha value is -0.120. The third kappa shape index (κ3) is 8.83. The predicted molar refractivity (Wildman–Crippen MR) is 125 cm³/mol. The van der Waals surface area contributed by atoms with Crippen LogP contribution in [0.5, 0.6) is 0 Å². The van der Waals surface area contributed by atoms with Gasteiger partial charge in [0.15, 0.2) is 5.96 Å². The van der Waals surface area contributed by atoms with Crippen LogP contribution in [0.1, 0.15) is 34.1 Å². The van der Waals surface area contributed by atoms with E-state index < -0.39 is 0 Å². The maximum absolute atomic E-state index is 5.44. The Balaban J connectivity index is 0.00000364. The summed E-state index contributed by atoms with van der Waals surface area (Å²) in [6.07, 6.45) is 1.28. The predicted octanol–water partition coefficient (Wildman–Crippen LogP) is 2.20. The van der Waals surface area contributed by atoms with Crippen molar-refractivity contribution in [1.29, 1.82) is 0 Å². The molecule has 0 radical (unpaired) electrons. The summed E-state index contributed by atoms with van der Waals surface area (Å²) in [4.78, 5) is 12.5. The summed E-state index contributed by atoms with van der Waals surface area (Å²) in [5.74, 6) is 2.46. The van der Waals surface area contributed by atoms with Gasteiger partial charge >= 0.3 is 0 Å². The van der Waals surface area contributed by atoms with Gasteiger partial charge in [0.05, 0.1) is 13.2 Å². The van der Waals surface area contributed by atoms with Crippen molar-refractivity contribution in [3.8, 4) is 0 Å². The van der Waals surface area contributed by atoms with E-state index >= 15 is 0 Å². The molecule has 0 aromatic rings. The van der Waals surface area contributed by atoms with Gasteiger partial charge in [0, 0.05) is 52.4 Å². The second-order valence-corrected chi connectivity index (χ2v) is 7.80. The third-order valence-electron chi connectivity index (χ3n) is 5.56. The number of aliphatic imine (C=N–C) groups is 1. The summed E-state index contributed by atoms with van der Waals surface area (Å²) < 4.78 is 5.44. The summed E-state index contributed by atoms with van der Waals surface area (Å²) in [6.45, 7) is 21.6. The highest BCUT2D eigenvalue weighted by Crippen LogP contribution is 2.18. The monoisotopic (exact) mass is 495 g/mol. The molecule has 2 unspecified atom stereocenters. The molecule has 1 N–H and O–H groups in total. The molecular weight excluding hydrogens is 453 g/mol. The molecule has 0 aliphatic carbocycles. The van der Waals surface area contributed by atoms with Crippen LogP contribution in [0.2, 0.25) is 0 Å². The first-order chi connectivity index (χ1) is 12.7. The Morgan fingerprint density at radius 3 is 2.52 bits per heavy atom.